The van der Waals surface area contributed by atoms with E-state index >= 15 is 0 Å². The molecule has 2 N–H and O–H groups in total. The third kappa shape index (κ3) is 7.36. The van der Waals surface area contributed by atoms with Gasteiger partial charge in [0.25, 0.3) is 0 Å². The van der Waals surface area contributed by atoms with Crippen LogP contribution in [0.5, 0.6) is 0 Å². The third-order valence-electron chi connectivity index (χ3n) is 3.43. The van der Waals surface area contributed by atoms with Crippen LogP contribution in [0.3, 0.4) is 0 Å². The van der Waals surface area contributed by atoms with Crippen LogP contribution in [-0.2, 0) is 38.1 Å². The maximum atomic E-state index is 11.5. The Kier molecular flexibility index (Phi) is 7.97. The molecule has 5 atom stereocenters. The lowest BCUT2D eigenvalue weighted by Crippen LogP contribution is -2.65. The molecule has 0 rings (SSSR count). The minimum absolute atomic E-state index is 0.602. The van der Waals surface area contributed by atoms with Crippen molar-refractivity contribution in [2.24, 2.45) is 0 Å². The molecule has 10 heteroatoms. The predicted octanol–water partition coefficient (Wildman–Crippen LogP) is -0.522. The summed E-state index contributed by atoms with van der Waals surface area (Å²) in [7, 11) is 0. The Bertz CT molecular complexity index is 572. The number of ether oxygens (including phenoxy) is 4. The van der Waals surface area contributed by atoms with Crippen LogP contribution < -0.4 is 0 Å². The van der Waals surface area contributed by atoms with Crippen molar-refractivity contribution in [2.45, 2.75) is 65.0 Å². The quantitative estimate of drug-likeness (QED) is 0.396. The van der Waals surface area contributed by atoms with Gasteiger partial charge in [-0.1, -0.05) is 0 Å². The molecule has 0 aliphatic rings. The van der Waals surface area contributed by atoms with Crippen molar-refractivity contribution in [3.8, 4) is 0 Å². The minimum atomic E-state index is -2.48. The summed E-state index contributed by atoms with van der Waals surface area (Å²) in [6.45, 7) is 3.50. The Morgan fingerprint density at radius 1 is 0.885 bits per heavy atom. The Labute approximate surface area is 152 Å². The summed E-state index contributed by atoms with van der Waals surface area (Å²) in [5.74, 6) is -3.39. The summed E-state index contributed by atoms with van der Waals surface area (Å²) >= 11 is 0. The zero-order valence-electron chi connectivity index (χ0n) is 16.6. The van der Waals surface area contributed by atoms with E-state index in [9.17, 15) is 29.4 Å². The van der Waals surface area contributed by atoms with E-state index in [1.807, 2.05) is 0 Å². The third-order valence-corrected chi connectivity index (χ3v) is 3.43. The average Bonchev–Trinajstić information content (AvgIpc) is 2.47. The fourth-order valence-electron chi connectivity index (χ4n) is 1.93. The molecular weight excluding hydrogens is 352 g/mol. The molecule has 0 aromatic heterocycles. The number of hydrogen-bond donors (Lipinski definition) is 2. The lowest BCUT2D eigenvalue weighted by atomic mass is 9.79. The number of esters is 4. The molecule has 0 bridgehead atoms. The second kappa shape index (κ2) is 9.48. The number of carbonyl (C=O) groups excluding carboxylic acids is 4. The van der Waals surface area contributed by atoms with Gasteiger partial charge in [0.1, 0.15) is 24.4 Å². The molecule has 0 aromatic rings. The Hall–Kier alpha value is -2.20. The van der Waals surface area contributed by atoms with Gasteiger partial charge in [0.2, 0.25) is 0 Å². The normalized spacial score (nSPS) is 19.5. The fourth-order valence-corrected chi connectivity index (χ4v) is 1.93. The summed E-state index contributed by atoms with van der Waals surface area (Å²) in [6.07, 6.45) is -3.28. The highest BCUT2D eigenvalue weighted by Crippen LogP contribution is 2.31. The Morgan fingerprint density at radius 2 is 1.35 bits per heavy atom. The van der Waals surface area contributed by atoms with E-state index in [4.69, 9.17) is 15.6 Å². The van der Waals surface area contributed by atoms with E-state index in [1.165, 1.54) is 0 Å². The molecule has 0 amide bonds. The molecule has 150 valence electrons. The molecule has 0 spiro atoms. The average molecular weight is 379 g/mol. The summed E-state index contributed by atoms with van der Waals surface area (Å²) < 4.78 is 27.2. The molecule has 0 saturated carbocycles. The van der Waals surface area contributed by atoms with Gasteiger partial charge >= 0.3 is 23.9 Å². The van der Waals surface area contributed by atoms with Crippen molar-refractivity contribution in [1.82, 2.24) is 0 Å². The molecule has 0 aromatic carbocycles. The molecule has 5 unspecified atom stereocenters. The first-order chi connectivity index (χ1) is 12.1. The monoisotopic (exact) mass is 379 g/mol. The molecule has 0 saturated heterocycles. The van der Waals surface area contributed by atoms with Gasteiger partial charge in [0.15, 0.2) is 12.2 Å². The van der Waals surface area contributed by atoms with Crippen LogP contribution in [0.2, 0.25) is 0 Å². The first kappa shape index (κ1) is 21.8. The smallest absolute Gasteiger partial charge is 0.303 e. The van der Waals surface area contributed by atoms with Crippen LogP contribution in [0.15, 0.2) is 0 Å². The van der Waals surface area contributed by atoms with Crippen LogP contribution in [0.25, 0.3) is 0 Å². The molecule has 0 aliphatic heterocycles. The van der Waals surface area contributed by atoms with Gasteiger partial charge in [-0.3, -0.25) is 19.2 Å². The standard InChI is InChI=1S/C16H26O10/c1-9(17)23-7-13(25-11(3)19)14(26-12(4)20)16(6,22)15(5,21)8-24-10(2)18/h13-14,21-22H,7-8H2,1-6H3/i8D. The van der Waals surface area contributed by atoms with Crippen molar-refractivity contribution < 1.29 is 49.7 Å². The summed E-state index contributed by atoms with van der Waals surface area (Å²) in [5.41, 5.74) is -4.95. The Balaban J connectivity index is 6.00. The van der Waals surface area contributed by atoms with Crippen LogP contribution in [0, 0.1) is 0 Å². The van der Waals surface area contributed by atoms with E-state index in [-0.39, 0.29) is 0 Å². The van der Waals surface area contributed by atoms with Crippen molar-refractivity contribution in [2.75, 3.05) is 13.2 Å². The van der Waals surface area contributed by atoms with Crippen molar-refractivity contribution in [1.29, 1.82) is 0 Å². The Morgan fingerprint density at radius 3 is 1.73 bits per heavy atom. The van der Waals surface area contributed by atoms with Gasteiger partial charge in [-0.2, -0.15) is 0 Å². The largest absolute Gasteiger partial charge is 0.463 e. The van der Waals surface area contributed by atoms with Gasteiger partial charge < -0.3 is 29.2 Å². The van der Waals surface area contributed by atoms with Crippen molar-refractivity contribution >= 4 is 23.9 Å². The van der Waals surface area contributed by atoms with Gasteiger partial charge in [-0.25, -0.2) is 0 Å². The number of aliphatic hydroxyl groups is 2. The SMILES string of the molecule is [2H]C(OC(C)=O)C(C)(O)C(C)(O)C(OC(C)=O)C(COC(C)=O)OC(C)=O. The molecule has 0 radical (unpaired) electrons. The highest BCUT2D eigenvalue weighted by Gasteiger charge is 2.54. The zero-order valence-corrected chi connectivity index (χ0v) is 15.6. The lowest BCUT2D eigenvalue weighted by molar-refractivity contribution is -0.240. The van der Waals surface area contributed by atoms with Crippen LogP contribution >= 0.6 is 0 Å². The maximum absolute atomic E-state index is 11.5. The second-order valence-corrected chi connectivity index (χ2v) is 6.00. The highest BCUT2D eigenvalue weighted by molar-refractivity contribution is 5.68. The van der Waals surface area contributed by atoms with Gasteiger partial charge in [-0.15, -0.1) is 0 Å². The predicted molar refractivity (Wildman–Crippen MR) is 85.6 cm³/mol. The van der Waals surface area contributed by atoms with Crippen LogP contribution in [0.4, 0.5) is 0 Å². The molecule has 26 heavy (non-hydrogen) atoms. The number of rotatable bonds is 9. The molecule has 10 nitrogen and oxygen atoms in total. The second-order valence-electron chi connectivity index (χ2n) is 6.00. The van der Waals surface area contributed by atoms with Crippen molar-refractivity contribution in [3.05, 3.63) is 0 Å². The summed E-state index contributed by atoms with van der Waals surface area (Å²) in [5, 5.41) is 21.6. The first-order valence-corrected chi connectivity index (χ1v) is 7.64. The molecule has 0 heterocycles. The minimum Gasteiger partial charge on any atom is -0.463 e. The summed E-state index contributed by atoms with van der Waals surface area (Å²) in [4.78, 5) is 45.1. The number of hydrogen-bond acceptors (Lipinski definition) is 10. The molecule has 0 aliphatic carbocycles. The van der Waals surface area contributed by atoms with E-state index in [1.54, 1.807) is 0 Å². The van der Waals surface area contributed by atoms with E-state index in [0.29, 0.717) is 0 Å². The van der Waals surface area contributed by atoms with Crippen molar-refractivity contribution in [3.63, 3.8) is 0 Å². The lowest BCUT2D eigenvalue weighted by Gasteiger charge is -2.44. The fraction of sp³-hybridized carbons (Fsp3) is 0.750. The van der Waals surface area contributed by atoms with Gasteiger partial charge in [0.05, 0.1) is 1.37 Å². The van der Waals surface area contributed by atoms with Gasteiger partial charge in [-0.05, 0) is 13.8 Å². The van der Waals surface area contributed by atoms with E-state index in [2.05, 4.69) is 4.74 Å². The van der Waals surface area contributed by atoms with E-state index < -0.39 is 60.5 Å². The van der Waals surface area contributed by atoms with Gasteiger partial charge in [0, 0.05) is 27.7 Å². The molecular formula is C16H26O10. The number of carbonyl (C=O) groups is 4. The zero-order chi connectivity index (χ0) is 21.6. The first-order valence-electron chi connectivity index (χ1n) is 8.22. The molecule has 0 fully saturated rings. The van der Waals surface area contributed by atoms with E-state index in [0.717, 1.165) is 41.5 Å². The maximum Gasteiger partial charge on any atom is 0.303 e. The van der Waals surface area contributed by atoms with Crippen LogP contribution in [-0.4, -0.2) is 70.7 Å². The van der Waals surface area contributed by atoms with Crippen LogP contribution in [0.1, 0.15) is 42.9 Å². The highest BCUT2D eigenvalue weighted by atomic mass is 16.6. The topological polar surface area (TPSA) is 146 Å². The summed E-state index contributed by atoms with van der Waals surface area (Å²) in [6, 6.07) is 0.